The van der Waals surface area contributed by atoms with Gasteiger partial charge in [0.1, 0.15) is 11.5 Å². The largest absolute Gasteiger partial charge is 0.497 e. The molecule has 0 N–H and O–H groups in total. The van der Waals surface area contributed by atoms with Gasteiger partial charge in [-0.3, -0.25) is 4.98 Å². The van der Waals surface area contributed by atoms with E-state index in [1.165, 1.54) is 27.6 Å². The van der Waals surface area contributed by atoms with Crippen LogP contribution in [0.25, 0.3) is 73.4 Å². The standard InChI is InChI=1S/C55H40N4O2/c1-54(2)46-34-38(47-20-12-13-33-56-47)23-30-44(46)48-42-18-10-11-19-43(42)50-45(49(48)54)31-32-55(61-50,40-26-28-41(60-3)29-27-40)39-24-21-37(22-25-39)53-58-51(35-14-6-4-7-15-35)57-52(59-53)36-16-8-5-9-17-36/h4-34H,1-3H3. The van der Waals surface area contributed by atoms with Crippen molar-refractivity contribution in [1.29, 1.82) is 0 Å². The molecule has 1 aliphatic carbocycles. The van der Waals surface area contributed by atoms with Gasteiger partial charge in [-0.25, -0.2) is 15.0 Å². The lowest BCUT2D eigenvalue weighted by molar-refractivity contribution is 0.163. The Morgan fingerprint density at radius 2 is 1.10 bits per heavy atom. The number of hydrogen-bond acceptors (Lipinski definition) is 6. The van der Waals surface area contributed by atoms with Gasteiger partial charge in [-0.05, 0) is 64.0 Å². The number of rotatable bonds is 7. The quantitative estimate of drug-likeness (QED) is 0.160. The molecule has 2 aromatic heterocycles. The topological polar surface area (TPSA) is 70.0 Å². The van der Waals surface area contributed by atoms with E-state index in [-0.39, 0.29) is 5.41 Å². The van der Waals surface area contributed by atoms with E-state index in [4.69, 9.17) is 24.4 Å². The molecule has 6 nitrogen and oxygen atoms in total. The van der Waals surface area contributed by atoms with Crippen LogP contribution in [0.5, 0.6) is 11.5 Å². The van der Waals surface area contributed by atoms with Gasteiger partial charge in [-0.1, -0.05) is 159 Å². The van der Waals surface area contributed by atoms with Crippen LogP contribution in [0.15, 0.2) is 182 Å². The number of aromatic nitrogens is 4. The molecule has 9 aromatic rings. The predicted molar refractivity (Wildman–Crippen MR) is 244 cm³/mol. The normalized spacial score (nSPS) is 15.7. The van der Waals surface area contributed by atoms with Gasteiger partial charge in [0.2, 0.25) is 0 Å². The van der Waals surface area contributed by atoms with Crippen molar-refractivity contribution in [3.05, 3.63) is 210 Å². The second-order valence-corrected chi connectivity index (χ2v) is 16.2. The smallest absolute Gasteiger partial charge is 0.178 e. The molecule has 61 heavy (non-hydrogen) atoms. The summed E-state index contributed by atoms with van der Waals surface area (Å²) >= 11 is 0. The highest BCUT2D eigenvalue weighted by Gasteiger charge is 2.44. The van der Waals surface area contributed by atoms with Crippen molar-refractivity contribution in [2.75, 3.05) is 7.11 Å². The van der Waals surface area contributed by atoms with Gasteiger partial charge >= 0.3 is 0 Å². The minimum absolute atomic E-state index is 0.319. The lowest BCUT2D eigenvalue weighted by Crippen LogP contribution is -2.35. The molecule has 6 heteroatoms. The Kier molecular flexibility index (Phi) is 8.50. The molecule has 3 heterocycles. The third-order valence-corrected chi connectivity index (χ3v) is 12.3. The molecule has 292 valence electrons. The zero-order valence-electron chi connectivity index (χ0n) is 34.0. The molecule has 0 fully saturated rings. The molecular formula is C55H40N4O2. The molecule has 0 spiro atoms. The number of nitrogens with zero attached hydrogens (tertiary/aromatic N) is 4. The SMILES string of the molecule is COc1ccc(C2(c3ccc(-c4nc(-c5ccccc5)nc(-c5ccccc5)n4)cc3)C=Cc3c4c(c5ccccc5c3O2)-c2ccc(-c3ccccn3)cc2C4(C)C)cc1. The second kappa shape index (κ2) is 14.2. The Labute approximate surface area is 354 Å². The molecule has 0 saturated heterocycles. The average Bonchev–Trinajstić information content (AvgIpc) is 3.58. The highest BCUT2D eigenvalue weighted by Crippen LogP contribution is 2.58. The molecule has 2 aliphatic rings. The number of benzene rings is 7. The lowest BCUT2D eigenvalue weighted by atomic mass is 9.76. The summed E-state index contributed by atoms with van der Waals surface area (Å²) in [7, 11) is 1.69. The summed E-state index contributed by atoms with van der Waals surface area (Å²) in [5.41, 5.74) is 11.6. The maximum absolute atomic E-state index is 7.61. The summed E-state index contributed by atoms with van der Waals surface area (Å²) < 4.78 is 13.2. The summed E-state index contributed by atoms with van der Waals surface area (Å²) in [6.07, 6.45) is 6.37. The molecule has 1 aliphatic heterocycles. The zero-order valence-corrected chi connectivity index (χ0v) is 34.0. The Bertz CT molecular complexity index is 3090. The van der Waals surface area contributed by atoms with Crippen LogP contribution in [0.4, 0.5) is 0 Å². The van der Waals surface area contributed by atoms with E-state index in [2.05, 4.69) is 116 Å². The van der Waals surface area contributed by atoms with Crippen LogP contribution in [-0.4, -0.2) is 27.0 Å². The van der Waals surface area contributed by atoms with E-state index in [1.807, 2.05) is 91.1 Å². The number of hydrogen-bond donors (Lipinski definition) is 0. The van der Waals surface area contributed by atoms with Crippen LogP contribution < -0.4 is 9.47 Å². The summed E-state index contributed by atoms with van der Waals surface area (Å²) in [6, 6.07) is 58.3. The fraction of sp³-hybridized carbons (Fsp3) is 0.0909. The number of fused-ring (bicyclic) bond motifs is 8. The number of methoxy groups -OCH3 is 1. The van der Waals surface area contributed by atoms with E-state index < -0.39 is 5.60 Å². The highest BCUT2D eigenvalue weighted by molar-refractivity contribution is 6.08. The van der Waals surface area contributed by atoms with Crippen molar-refractivity contribution in [3.63, 3.8) is 0 Å². The third-order valence-electron chi connectivity index (χ3n) is 12.3. The summed E-state index contributed by atoms with van der Waals surface area (Å²) in [5, 5.41) is 2.24. The van der Waals surface area contributed by atoms with Crippen molar-refractivity contribution < 1.29 is 9.47 Å². The van der Waals surface area contributed by atoms with Crippen LogP contribution in [-0.2, 0) is 11.0 Å². The molecule has 0 bridgehead atoms. The summed E-state index contributed by atoms with van der Waals surface area (Å²) in [6.45, 7) is 4.67. The maximum atomic E-state index is 7.61. The fourth-order valence-corrected chi connectivity index (χ4v) is 9.25. The first kappa shape index (κ1) is 36.4. The molecule has 0 saturated carbocycles. The van der Waals surface area contributed by atoms with Crippen molar-refractivity contribution >= 4 is 16.8 Å². The first-order chi connectivity index (χ1) is 29.9. The van der Waals surface area contributed by atoms with Gasteiger partial charge in [-0.15, -0.1) is 0 Å². The van der Waals surface area contributed by atoms with Gasteiger partial charge in [0.05, 0.1) is 12.8 Å². The Morgan fingerprint density at radius 1 is 0.541 bits per heavy atom. The molecule has 0 radical (unpaired) electrons. The van der Waals surface area contributed by atoms with E-state index in [0.29, 0.717) is 17.5 Å². The van der Waals surface area contributed by atoms with Crippen molar-refractivity contribution in [1.82, 2.24) is 19.9 Å². The van der Waals surface area contributed by atoms with Crippen LogP contribution in [0.2, 0.25) is 0 Å². The molecule has 7 aromatic carbocycles. The average molecular weight is 789 g/mol. The predicted octanol–water partition coefficient (Wildman–Crippen LogP) is 12.8. The minimum atomic E-state index is -0.972. The van der Waals surface area contributed by atoms with Crippen molar-refractivity contribution in [3.8, 4) is 68.0 Å². The second-order valence-electron chi connectivity index (χ2n) is 16.2. The zero-order chi connectivity index (χ0) is 41.1. The molecule has 1 atom stereocenters. The summed E-state index contributed by atoms with van der Waals surface area (Å²) in [4.78, 5) is 19.6. The number of ether oxygens (including phenoxy) is 2. The van der Waals surface area contributed by atoms with E-state index in [1.54, 1.807) is 7.11 Å². The van der Waals surface area contributed by atoms with Gasteiger partial charge in [0, 0.05) is 55.9 Å². The number of pyridine rings is 1. The lowest BCUT2D eigenvalue weighted by Gasteiger charge is -2.38. The van der Waals surface area contributed by atoms with Gasteiger partial charge < -0.3 is 9.47 Å². The molecule has 11 rings (SSSR count). The third kappa shape index (κ3) is 5.94. The van der Waals surface area contributed by atoms with Crippen LogP contribution >= 0.6 is 0 Å². The van der Waals surface area contributed by atoms with E-state index in [9.17, 15) is 0 Å². The van der Waals surface area contributed by atoms with E-state index in [0.717, 1.165) is 61.5 Å². The first-order valence-electron chi connectivity index (χ1n) is 20.6. The highest BCUT2D eigenvalue weighted by atomic mass is 16.5. The molecule has 1 unspecified atom stereocenters. The fourth-order valence-electron chi connectivity index (χ4n) is 9.25. The van der Waals surface area contributed by atoms with Crippen LogP contribution in [0, 0.1) is 0 Å². The molecule has 0 amide bonds. The maximum Gasteiger partial charge on any atom is 0.178 e. The first-order valence-corrected chi connectivity index (χ1v) is 20.6. The Hall–Kier alpha value is -7.70. The Balaban J connectivity index is 1.06. The van der Waals surface area contributed by atoms with Gasteiger partial charge in [0.25, 0.3) is 0 Å². The van der Waals surface area contributed by atoms with E-state index >= 15 is 0 Å². The van der Waals surface area contributed by atoms with Gasteiger partial charge in [-0.2, -0.15) is 0 Å². The van der Waals surface area contributed by atoms with Crippen molar-refractivity contribution in [2.45, 2.75) is 24.9 Å². The van der Waals surface area contributed by atoms with Crippen LogP contribution in [0.3, 0.4) is 0 Å². The Morgan fingerprint density at radius 3 is 1.70 bits per heavy atom. The van der Waals surface area contributed by atoms with Crippen molar-refractivity contribution in [2.24, 2.45) is 0 Å². The molecular weight excluding hydrogens is 749 g/mol. The minimum Gasteiger partial charge on any atom is -0.497 e. The summed E-state index contributed by atoms with van der Waals surface area (Å²) in [5.74, 6) is 3.48. The monoisotopic (exact) mass is 788 g/mol. The van der Waals surface area contributed by atoms with Gasteiger partial charge in [0.15, 0.2) is 23.1 Å². The van der Waals surface area contributed by atoms with Crippen LogP contribution in [0.1, 0.15) is 41.7 Å².